The molecule has 108 valence electrons. The molecule has 4 heteroatoms. The molecule has 3 rings (SSSR count). The van der Waals surface area contributed by atoms with Gasteiger partial charge in [0.1, 0.15) is 0 Å². The number of aromatic nitrogens is 3. The summed E-state index contributed by atoms with van der Waals surface area (Å²) in [6.45, 7) is 2.07. The van der Waals surface area contributed by atoms with E-state index < -0.39 is 0 Å². The molecule has 0 saturated heterocycles. The van der Waals surface area contributed by atoms with E-state index in [0.29, 0.717) is 0 Å². The number of nitrogens with zero attached hydrogens (tertiary/aromatic N) is 3. The lowest BCUT2D eigenvalue weighted by molar-refractivity contribution is 0.577. The third-order valence-electron chi connectivity index (χ3n) is 3.88. The lowest BCUT2D eigenvalue weighted by Crippen LogP contribution is -2.19. The molecule has 1 atom stereocenters. The van der Waals surface area contributed by atoms with E-state index >= 15 is 0 Å². The van der Waals surface area contributed by atoms with Crippen molar-refractivity contribution in [3.63, 3.8) is 0 Å². The van der Waals surface area contributed by atoms with E-state index in [1.807, 2.05) is 37.2 Å². The molecule has 0 fully saturated rings. The summed E-state index contributed by atoms with van der Waals surface area (Å²) in [6.07, 6.45) is 4.66. The molecule has 1 aromatic carbocycles. The van der Waals surface area contributed by atoms with Crippen LogP contribution < -0.4 is 5.32 Å². The van der Waals surface area contributed by atoms with Crippen molar-refractivity contribution in [2.24, 2.45) is 7.05 Å². The topological polar surface area (TPSA) is 42.7 Å². The van der Waals surface area contributed by atoms with E-state index in [-0.39, 0.29) is 6.04 Å². The van der Waals surface area contributed by atoms with Gasteiger partial charge in [0.25, 0.3) is 0 Å². The van der Waals surface area contributed by atoms with Crippen molar-refractivity contribution in [3.05, 3.63) is 59.5 Å². The van der Waals surface area contributed by atoms with E-state index in [9.17, 15) is 0 Å². The first-order valence-corrected chi connectivity index (χ1v) is 7.18. The van der Waals surface area contributed by atoms with Crippen LogP contribution in [-0.4, -0.2) is 21.8 Å². The van der Waals surface area contributed by atoms with E-state index in [2.05, 4.69) is 46.6 Å². The van der Waals surface area contributed by atoms with E-state index in [1.54, 1.807) is 0 Å². The number of fused-ring (bicyclic) bond motifs is 1. The average Bonchev–Trinajstić information content (AvgIpc) is 2.82. The number of benzene rings is 1. The van der Waals surface area contributed by atoms with Crippen molar-refractivity contribution in [1.82, 2.24) is 20.1 Å². The minimum atomic E-state index is 0.218. The number of para-hydroxylation sites is 1. The van der Waals surface area contributed by atoms with Crippen LogP contribution in [0.3, 0.4) is 0 Å². The second-order valence-electron chi connectivity index (χ2n) is 5.43. The molecule has 0 bridgehead atoms. The van der Waals surface area contributed by atoms with Crippen molar-refractivity contribution < 1.29 is 0 Å². The van der Waals surface area contributed by atoms with Crippen LogP contribution in [0.2, 0.25) is 0 Å². The molecule has 2 aromatic heterocycles. The first-order chi connectivity index (χ1) is 10.2. The summed E-state index contributed by atoms with van der Waals surface area (Å²) < 4.78 is 1.95. The Morgan fingerprint density at radius 1 is 1.24 bits per heavy atom. The van der Waals surface area contributed by atoms with E-state index in [0.717, 1.165) is 12.1 Å². The summed E-state index contributed by atoms with van der Waals surface area (Å²) >= 11 is 0. The quantitative estimate of drug-likeness (QED) is 0.799. The van der Waals surface area contributed by atoms with Gasteiger partial charge in [-0.15, -0.1) is 0 Å². The highest BCUT2D eigenvalue weighted by atomic mass is 15.3. The first-order valence-electron chi connectivity index (χ1n) is 7.18. The van der Waals surface area contributed by atoms with Gasteiger partial charge in [-0.25, -0.2) is 0 Å². The van der Waals surface area contributed by atoms with Crippen molar-refractivity contribution in [3.8, 4) is 0 Å². The monoisotopic (exact) mass is 280 g/mol. The zero-order chi connectivity index (χ0) is 14.8. The fourth-order valence-corrected chi connectivity index (χ4v) is 2.79. The number of hydrogen-bond acceptors (Lipinski definition) is 3. The van der Waals surface area contributed by atoms with Gasteiger partial charge in [-0.3, -0.25) is 9.67 Å². The largest absolute Gasteiger partial charge is 0.313 e. The van der Waals surface area contributed by atoms with Gasteiger partial charge >= 0.3 is 0 Å². The van der Waals surface area contributed by atoms with Crippen LogP contribution in [0.15, 0.2) is 42.7 Å². The predicted molar refractivity (Wildman–Crippen MR) is 85.2 cm³/mol. The van der Waals surface area contributed by atoms with Crippen LogP contribution >= 0.6 is 0 Å². The Balaban J connectivity index is 1.96. The number of rotatable bonds is 4. The Morgan fingerprint density at radius 2 is 2.05 bits per heavy atom. The Morgan fingerprint density at radius 3 is 2.81 bits per heavy atom. The molecule has 0 spiro atoms. The summed E-state index contributed by atoms with van der Waals surface area (Å²) in [5.41, 5.74) is 4.67. The molecule has 21 heavy (non-hydrogen) atoms. The molecule has 0 amide bonds. The summed E-state index contributed by atoms with van der Waals surface area (Å²) in [5.74, 6) is 0. The maximum Gasteiger partial charge on any atom is 0.0722 e. The summed E-state index contributed by atoms with van der Waals surface area (Å²) in [6, 6.07) is 10.8. The normalized spacial score (nSPS) is 12.7. The highest BCUT2D eigenvalue weighted by Gasteiger charge is 2.15. The van der Waals surface area contributed by atoms with Crippen molar-refractivity contribution >= 4 is 10.9 Å². The van der Waals surface area contributed by atoms with Crippen LogP contribution in [0.1, 0.15) is 22.9 Å². The molecule has 0 aliphatic carbocycles. The molecule has 0 aliphatic heterocycles. The number of aryl methyl sites for hydroxylation is 2. The lowest BCUT2D eigenvalue weighted by Gasteiger charge is -2.15. The van der Waals surface area contributed by atoms with Crippen LogP contribution in [-0.2, 0) is 13.5 Å². The van der Waals surface area contributed by atoms with Crippen LogP contribution in [0.5, 0.6) is 0 Å². The number of hydrogen-bond donors (Lipinski definition) is 1. The van der Waals surface area contributed by atoms with E-state index in [1.165, 1.54) is 22.0 Å². The SMILES string of the molecule is CNC(Cc1nn(C)c2ccccc12)c1cncc(C)c1. The smallest absolute Gasteiger partial charge is 0.0722 e. The maximum atomic E-state index is 4.68. The molecule has 1 unspecified atom stereocenters. The molecule has 1 N–H and O–H groups in total. The minimum absolute atomic E-state index is 0.218. The fraction of sp³-hybridized carbons (Fsp3) is 0.294. The van der Waals surface area contributed by atoms with Crippen molar-refractivity contribution in [2.75, 3.05) is 7.05 Å². The zero-order valence-electron chi connectivity index (χ0n) is 12.7. The highest BCUT2D eigenvalue weighted by molar-refractivity contribution is 5.81. The second kappa shape index (κ2) is 5.66. The third kappa shape index (κ3) is 2.67. The Hall–Kier alpha value is -2.20. The van der Waals surface area contributed by atoms with Gasteiger partial charge in [-0.1, -0.05) is 24.3 Å². The van der Waals surface area contributed by atoms with Gasteiger partial charge < -0.3 is 5.32 Å². The third-order valence-corrected chi connectivity index (χ3v) is 3.88. The van der Waals surface area contributed by atoms with Crippen LogP contribution in [0, 0.1) is 6.92 Å². The van der Waals surface area contributed by atoms with Gasteiger partial charge in [0.15, 0.2) is 0 Å². The van der Waals surface area contributed by atoms with Gasteiger partial charge in [0, 0.05) is 37.3 Å². The number of likely N-dealkylation sites (N-methyl/N-ethyl adjacent to an activating group) is 1. The molecule has 3 aromatic rings. The molecular weight excluding hydrogens is 260 g/mol. The van der Waals surface area contributed by atoms with Gasteiger partial charge in [-0.2, -0.15) is 5.10 Å². The fourth-order valence-electron chi connectivity index (χ4n) is 2.79. The second-order valence-corrected chi connectivity index (χ2v) is 5.43. The summed E-state index contributed by atoms with van der Waals surface area (Å²) in [7, 11) is 3.98. The average molecular weight is 280 g/mol. The Labute approximate surface area is 124 Å². The maximum absolute atomic E-state index is 4.68. The lowest BCUT2D eigenvalue weighted by atomic mass is 10.0. The first kappa shape index (κ1) is 13.8. The summed E-state index contributed by atoms with van der Waals surface area (Å²) in [4.78, 5) is 4.30. The van der Waals surface area contributed by atoms with Gasteiger partial charge in [-0.05, 0) is 31.2 Å². The van der Waals surface area contributed by atoms with Gasteiger partial charge in [0.2, 0.25) is 0 Å². The van der Waals surface area contributed by atoms with Crippen LogP contribution in [0.25, 0.3) is 10.9 Å². The standard InChI is InChI=1S/C17H20N4/c1-12-8-13(11-19-10-12)15(18-2)9-16-14-6-4-5-7-17(14)21(3)20-16/h4-8,10-11,15,18H,9H2,1-3H3. The predicted octanol–water partition coefficient (Wildman–Crippen LogP) is 2.78. The molecule has 4 nitrogen and oxygen atoms in total. The molecule has 0 saturated carbocycles. The van der Waals surface area contributed by atoms with Crippen molar-refractivity contribution in [2.45, 2.75) is 19.4 Å². The van der Waals surface area contributed by atoms with Gasteiger partial charge in [0.05, 0.1) is 11.2 Å². The molecule has 0 radical (unpaired) electrons. The Bertz CT molecular complexity index is 760. The Kier molecular flexibility index (Phi) is 3.71. The summed E-state index contributed by atoms with van der Waals surface area (Å²) in [5, 5.41) is 9.28. The van der Waals surface area contributed by atoms with Crippen molar-refractivity contribution in [1.29, 1.82) is 0 Å². The highest BCUT2D eigenvalue weighted by Crippen LogP contribution is 2.23. The van der Waals surface area contributed by atoms with E-state index in [4.69, 9.17) is 0 Å². The van der Waals surface area contributed by atoms with Crippen LogP contribution in [0.4, 0.5) is 0 Å². The molecule has 2 heterocycles. The molecule has 0 aliphatic rings. The zero-order valence-corrected chi connectivity index (χ0v) is 12.7. The molecular formula is C17H20N4. The number of pyridine rings is 1. The minimum Gasteiger partial charge on any atom is -0.313 e. The number of nitrogens with one attached hydrogen (secondary N) is 1.